The van der Waals surface area contributed by atoms with Gasteiger partial charge in [-0.15, -0.1) is 0 Å². The Labute approximate surface area is 171 Å². The average molecular weight is 393 g/mol. The van der Waals surface area contributed by atoms with Crippen LogP contribution in [0.5, 0.6) is 0 Å². The van der Waals surface area contributed by atoms with Gasteiger partial charge in [0.05, 0.1) is 6.20 Å². The summed E-state index contributed by atoms with van der Waals surface area (Å²) in [5.74, 6) is 0.933. The topological polar surface area (TPSA) is 78.4 Å². The van der Waals surface area contributed by atoms with Crippen molar-refractivity contribution < 1.29 is 9.59 Å². The standard InChI is InChI=1S/C22H27N5O2/c28-21-12-18(16-27(21)19-4-2-1-3-5-19)15-26-10-6-17(7-11-26)13-25-22(29)20-14-23-8-9-24-20/h1-5,8-9,14,17-18H,6-7,10-13,15-16H2,(H,25,29). The third kappa shape index (κ3) is 4.98. The number of para-hydroxylation sites is 1. The quantitative estimate of drug-likeness (QED) is 0.812. The SMILES string of the molecule is O=C(NCC1CCN(CC2CC(=O)N(c3ccccc3)C2)CC1)c1cnccn1. The number of amides is 2. The number of benzene rings is 1. The number of piperidine rings is 1. The van der Waals surface area contributed by atoms with Crippen molar-refractivity contribution in [2.24, 2.45) is 11.8 Å². The van der Waals surface area contributed by atoms with Gasteiger partial charge in [0.15, 0.2) is 0 Å². The minimum atomic E-state index is -0.161. The van der Waals surface area contributed by atoms with E-state index < -0.39 is 0 Å². The van der Waals surface area contributed by atoms with Crippen LogP contribution in [0.25, 0.3) is 0 Å². The van der Waals surface area contributed by atoms with E-state index >= 15 is 0 Å². The summed E-state index contributed by atoms with van der Waals surface area (Å²) in [6.07, 6.45) is 7.32. The lowest BCUT2D eigenvalue weighted by Crippen LogP contribution is -2.41. The molecular formula is C22H27N5O2. The van der Waals surface area contributed by atoms with E-state index in [4.69, 9.17) is 0 Å². The first-order chi connectivity index (χ1) is 14.2. The van der Waals surface area contributed by atoms with E-state index in [1.165, 1.54) is 12.4 Å². The number of nitrogens with one attached hydrogen (secondary N) is 1. The molecule has 0 spiro atoms. The first kappa shape index (κ1) is 19.5. The lowest BCUT2D eigenvalue weighted by molar-refractivity contribution is -0.117. The molecule has 2 amide bonds. The summed E-state index contributed by atoms with van der Waals surface area (Å²) >= 11 is 0. The largest absolute Gasteiger partial charge is 0.350 e. The predicted molar refractivity (Wildman–Crippen MR) is 110 cm³/mol. The van der Waals surface area contributed by atoms with Crippen LogP contribution in [-0.4, -0.2) is 59.4 Å². The van der Waals surface area contributed by atoms with E-state index in [9.17, 15) is 9.59 Å². The van der Waals surface area contributed by atoms with Crippen molar-refractivity contribution in [3.8, 4) is 0 Å². The highest BCUT2D eigenvalue weighted by Gasteiger charge is 2.32. The van der Waals surface area contributed by atoms with Crippen molar-refractivity contribution in [2.45, 2.75) is 19.3 Å². The minimum absolute atomic E-state index is 0.161. The Morgan fingerprint density at radius 2 is 1.90 bits per heavy atom. The molecule has 1 N–H and O–H groups in total. The summed E-state index contributed by atoms with van der Waals surface area (Å²) in [5.41, 5.74) is 1.36. The Morgan fingerprint density at radius 1 is 1.10 bits per heavy atom. The first-order valence-corrected chi connectivity index (χ1v) is 10.3. The maximum absolute atomic E-state index is 12.4. The molecule has 2 fully saturated rings. The van der Waals surface area contributed by atoms with Crippen molar-refractivity contribution in [3.63, 3.8) is 0 Å². The third-order valence-corrected chi connectivity index (χ3v) is 5.84. The lowest BCUT2D eigenvalue weighted by atomic mass is 9.95. The monoisotopic (exact) mass is 393 g/mol. The summed E-state index contributed by atoms with van der Waals surface area (Å²) in [6, 6.07) is 9.93. The zero-order valence-corrected chi connectivity index (χ0v) is 16.5. The Balaban J connectivity index is 1.19. The van der Waals surface area contributed by atoms with E-state index in [1.54, 1.807) is 6.20 Å². The number of aromatic nitrogens is 2. The number of rotatable bonds is 6. The van der Waals surface area contributed by atoms with Crippen LogP contribution in [0.4, 0.5) is 5.69 Å². The Bertz CT molecular complexity index is 822. The minimum Gasteiger partial charge on any atom is -0.350 e. The Hall–Kier alpha value is -2.80. The van der Waals surface area contributed by atoms with Crippen LogP contribution in [0.1, 0.15) is 29.8 Å². The van der Waals surface area contributed by atoms with Gasteiger partial charge in [-0.05, 0) is 49.9 Å². The highest BCUT2D eigenvalue weighted by Crippen LogP contribution is 2.26. The molecule has 0 saturated carbocycles. The van der Waals surface area contributed by atoms with Crippen molar-refractivity contribution in [2.75, 3.05) is 37.6 Å². The van der Waals surface area contributed by atoms with Gasteiger partial charge in [-0.3, -0.25) is 14.6 Å². The number of carbonyl (C=O) groups is 2. The molecule has 0 bridgehead atoms. The van der Waals surface area contributed by atoms with Crippen molar-refractivity contribution in [1.29, 1.82) is 0 Å². The van der Waals surface area contributed by atoms with Gasteiger partial charge in [0.25, 0.3) is 5.91 Å². The summed E-state index contributed by atoms with van der Waals surface area (Å²) < 4.78 is 0. The summed E-state index contributed by atoms with van der Waals surface area (Å²) in [5, 5.41) is 2.98. The van der Waals surface area contributed by atoms with Gasteiger partial charge >= 0.3 is 0 Å². The molecule has 2 aromatic rings. The fourth-order valence-electron chi connectivity index (χ4n) is 4.24. The number of carbonyl (C=O) groups excluding carboxylic acids is 2. The molecule has 2 aliphatic heterocycles. The van der Waals surface area contributed by atoms with Gasteiger partial charge in [0.2, 0.25) is 5.91 Å². The zero-order valence-electron chi connectivity index (χ0n) is 16.5. The molecule has 29 heavy (non-hydrogen) atoms. The van der Waals surface area contributed by atoms with Gasteiger partial charge in [-0.2, -0.15) is 0 Å². The molecule has 3 heterocycles. The molecule has 0 aliphatic carbocycles. The second kappa shape index (κ2) is 9.13. The van der Waals surface area contributed by atoms with Gasteiger partial charge in [0.1, 0.15) is 5.69 Å². The van der Waals surface area contributed by atoms with Crippen LogP contribution in [0.15, 0.2) is 48.9 Å². The van der Waals surface area contributed by atoms with Crippen LogP contribution in [-0.2, 0) is 4.79 Å². The van der Waals surface area contributed by atoms with E-state index in [-0.39, 0.29) is 11.8 Å². The van der Waals surface area contributed by atoms with Crippen LogP contribution in [0.3, 0.4) is 0 Å². The number of anilines is 1. The van der Waals surface area contributed by atoms with Gasteiger partial charge in [-0.25, -0.2) is 4.98 Å². The highest BCUT2D eigenvalue weighted by atomic mass is 16.2. The maximum atomic E-state index is 12.4. The van der Waals surface area contributed by atoms with Crippen molar-refractivity contribution in [3.05, 3.63) is 54.6 Å². The Morgan fingerprint density at radius 3 is 2.62 bits per heavy atom. The van der Waals surface area contributed by atoms with Crippen molar-refractivity contribution in [1.82, 2.24) is 20.2 Å². The molecule has 2 saturated heterocycles. The molecule has 1 aromatic carbocycles. The molecule has 7 nitrogen and oxygen atoms in total. The molecule has 1 unspecified atom stereocenters. The summed E-state index contributed by atoms with van der Waals surface area (Å²) in [7, 11) is 0. The molecule has 152 valence electrons. The fraction of sp³-hybridized carbons (Fsp3) is 0.455. The third-order valence-electron chi connectivity index (χ3n) is 5.84. The van der Waals surface area contributed by atoms with E-state index in [0.717, 1.165) is 44.7 Å². The van der Waals surface area contributed by atoms with Gasteiger partial charge in [0, 0.05) is 44.1 Å². The first-order valence-electron chi connectivity index (χ1n) is 10.3. The molecule has 0 radical (unpaired) electrons. The predicted octanol–water partition coefficient (Wildman–Crippen LogP) is 1.97. The van der Waals surface area contributed by atoms with Crippen LogP contribution < -0.4 is 10.2 Å². The second-order valence-corrected chi connectivity index (χ2v) is 7.95. The van der Waals surface area contributed by atoms with Crippen LogP contribution >= 0.6 is 0 Å². The fourth-order valence-corrected chi connectivity index (χ4v) is 4.24. The number of hydrogen-bond acceptors (Lipinski definition) is 5. The molecular weight excluding hydrogens is 366 g/mol. The summed E-state index contributed by atoms with van der Waals surface area (Å²) in [6.45, 7) is 4.47. The molecule has 7 heteroatoms. The number of nitrogens with zero attached hydrogens (tertiary/aromatic N) is 4. The van der Waals surface area contributed by atoms with Crippen molar-refractivity contribution >= 4 is 17.5 Å². The summed E-state index contributed by atoms with van der Waals surface area (Å²) in [4.78, 5) is 36.8. The zero-order chi connectivity index (χ0) is 20.1. The second-order valence-electron chi connectivity index (χ2n) is 7.95. The van der Waals surface area contributed by atoms with Gasteiger partial charge in [-0.1, -0.05) is 18.2 Å². The Kier molecular flexibility index (Phi) is 6.14. The van der Waals surface area contributed by atoms with E-state index in [2.05, 4.69) is 20.2 Å². The van der Waals surface area contributed by atoms with E-state index in [0.29, 0.717) is 30.5 Å². The van der Waals surface area contributed by atoms with Crippen LogP contribution in [0.2, 0.25) is 0 Å². The highest BCUT2D eigenvalue weighted by molar-refractivity contribution is 5.95. The molecule has 2 aliphatic rings. The molecule has 1 aromatic heterocycles. The molecule has 1 atom stereocenters. The number of likely N-dealkylation sites (tertiary alicyclic amines) is 1. The van der Waals surface area contributed by atoms with E-state index in [1.807, 2.05) is 35.2 Å². The smallest absolute Gasteiger partial charge is 0.271 e. The normalized spacial score (nSPS) is 20.8. The molecule has 4 rings (SSSR count). The van der Waals surface area contributed by atoms with Crippen LogP contribution in [0, 0.1) is 11.8 Å². The number of hydrogen-bond donors (Lipinski definition) is 1. The lowest BCUT2D eigenvalue weighted by Gasteiger charge is -2.33. The maximum Gasteiger partial charge on any atom is 0.271 e. The van der Waals surface area contributed by atoms with Gasteiger partial charge < -0.3 is 15.1 Å². The average Bonchev–Trinajstić information content (AvgIpc) is 3.14.